The maximum Gasteiger partial charge on any atom is 0.196 e. The van der Waals surface area contributed by atoms with Crippen molar-refractivity contribution in [1.82, 2.24) is 5.32 Å². The van der Waals surface area contributed by atoms with Gasteiger partial charge in [-0.15, -0.1) is 11.3 Å². The summed E-state index contributed by atoms with van der Waals surface area (Å²) >= 11 is 1.54. The fraction of sp³-hybridized carbons (Fsp3) is 0.267. The van der Waals surface area contributed by atoms with Crippen LogP contribution in [0, 0.1) is 6.92 Å². The van der Waals surface area contributed by atoms with Gasteiger partial charge in [-0.3, -0.25) is 4.79 Å². The predicted molar refractivity (Wildman–Crippen MR) is 78.8 cm³/mol. The lowest BCUT2D eigenvalue weighted by atomic mass is 9.96. The zero-order valence-electron chi connectivity index (χ0n) is 10.8. The molecule has 0 saturated heterocycles. The standard InChI is InChI=1S/C15H16N2OS/c1-9-2-4-10(5-3-9)14(18)13-11-6-7-17-8-12(11)19-15(13)16/h2-5,17H,6-8,16H2,1H3. The number of nitrogen functional groups attached to an aromatic ring is 1. The van der Waals surface area contributed by atoms with Gasteiger partial charge in [0.25, 0.3) is 0 Å². The van der Waals surface area contributed by atoms with Gasteiger partial charge in [0.15, 0.2) is 5.78 Å². The molecule has 0 radical (unpaired) electrons. The van der Waals surface area contributed by atoms with E-state index in [-0.39, 0.29) is 5.78 Å². The largest absolute Gasteiger partial charge is 0.390 e. The molecule has 0 amide bonds. The third-order valence-corrected chi connectivity index (χ3v) is 4.56. The molecule has 1 aliphatic heterocycles. The Balaban J connectivity index is 2.04. The van der Waals surface area contributed by atoms with Gasteiger partial charge < -0.3 is 11.1 Å². The predicted octanol–water partition coefficient (Wildman–Crippen LogP) is 2.52. The minimum Gasteiger partial charge on any atom is -0.390 e. The molecule has 1 aromatic heterocycles. The number of carbonyl (C=O) groups excluding carboxylic acids is 1. The van der Waals surface area contributed by atoms with E-state index in [1.165, 1.54) is 16.2 Å². The molecule has 2 aromatic rings. The summed E-state index contributed by atoms with van der Waals surface area (Å²) in [4.78, 5) is 13.8. The van der Waals surface area contributed by atoms with Crippen LogP contribution < -0.4 is 11.1 Å². The minimum atomic E-state index is 0.0527. The third-order valence-electron chi connectivity index (χ3n) is 3.50. The Morgan fingerprint density at radius 1 is 1.32 bits per heavy atom. The molecule has 0 atom stereocenters. The van der Waals surface area contributed by atoms with Crippen LogP contribution in [0.3, 0.4) is 0 Å². The number of anilines is 1. The number of hydrogen-bond donors (Lipinski definition) is 2. The molecule has 19 heavy (non-hydrogen) atoms. The number of fused-ring (bicyclic) bond motifs is 1. The van der Waals surface area contributed by atoms with E-state index in [0.29, 0.717) is 5.00 Å². The molecule has 3 N–H and O–H groups in total. The first-order valence-electron chi connectivity index (χ1n) is 6.39. The second-order valence-electron chi connectivity index (χ2n) is 4.86. The summed E-state index contributed by atoms with van der Waals surface area (Å²) in [5.41, 5.74) is 9.80. The van der Waals surface area contributed by atoms with Gasteiger partial charge in [-0.05, 0) is 25.5 Å². The third kappa shape index (κ3) is 2.17. The highest BCUT2D eigenvalue weighted by Crippen LogP contribution is 2.34. The molecule has 2 heterocycles. The van der Waals surface area contributed by atoms with Gasteiger partial charge in [0.1, 0.15) is 0 Å². The molecule has 4 heteroatoms. The number of nitrogens with one attached hydrogen (secondary N) is 1. The van der Waals surface area contributed by atoms with E-state index >= 15 is 0 Å². The van der Waals surface area contributed by atoms with Crippen LogP contribution in [-0.2, 0) is 13.0 Å². The topological polar surface area (TPSA) is 55.1 Å². The van der Waals surface area contributed by atoms with Crippen LogP contribution in [0.25, 0.3) is 0 Å². The zero-order chi connectivity index (χ0) is 13.4. The van der Waals surface area contributed by atoms with Gasteiger partial charge in [-0.1, -0.05) is 29.8 Å². The molecule has 0 saturated carbocycles. The van der Waals surface area contributed by atoms with Crippen LogP contribution in [0.5, 0.6) is 0 Å². The van der Waals surface area contributed by atoms with Crippen molar-refractivity contribution in [2.24, 2.45) is 0 Å². The number of thiophene rings is 1. The van der Waals surface area contributed by atoms with Crippen LogP contribution in [0.15, 0.2) is 24.3 Å². The van der Waals surface area contributed by atoms with Gasteiger partial charge in [0, 0.05) is 17.0 Å². The number of ketones is 1. The molecule has 0 spiro atoms. The van der Waals surface area contributed by atoms with Gasteiger partial charge in [0.2, 0.25) is 0 Å². The van der Waals surface area contributed by atoms with E-state index in [1.54, 1.807) is 0 Å². The van der Waals surface area contributed by atoms with Crippen LogP contribution in [-0.4, -0.2) is 12.3 Å². The molecule has 0 fully saturated rings. The normalized spacial score (nSPS) is 14.2. The Morgan fingerprint density at radius 3 is 2.79 bits per heavy atom. The monoisotopic (exact) mass is 272 g/mol. The summed E-state index contributed by atoms with van der Waals surface area (Å²) in [6, 6.07) is 7.68. The van der Waals surface area contributed by atoms with Crippen LogP contribution >= 0.6 is 11.3 Å². The lowest BCUT2D eigenvalue weighted by Gasteiger charge is -2.13. The van der Waals surface area contributed by atoms with Crippen molar-refractivity contribution < 1.29 is 4.79 Å². The summed E-state index contributed by atoms with van der Waals surface area (Å²) in [7, 11) is 0. The lowest BCUT2D eigenvalue weighted by Crippen LogP contribution is -2.23. The van der Waals surface area contributed by atoms with E-state index in [1.807, 2.05) is 31.2 Å². The molecule has 3 nitrogen and oxygen atoms in total. The Morgan fingerprint density at radius 2 is 2.05 bits per heavy atom. The van der Waals surface area contributed by atoms with Gasteiger partial charge >= 0.3 is 0 Å². The molecule has 0 aliphatic carbocycles. The zero-order valence-corrected chi connectivity index (χ0v) is 11.6. The van der Waals surface area contributed by atoms with Crippen molar-refractivity contribution in [3.05, 3.63) is 51.4 Å². The maximum atomic E-state index is 12.6. The van der Waals surface area contributed by atoms with Crippen molar-refractivity contribution in [3.63, 3.8) is 0 Å². The number of hydrogen-bond acceptors (Lipinski definition) is 4. The first-order chi connectivity index (χ1) is 9.16. The number of nitrogens with two attached hydrogens (primary N) is 1. The summed E-state index contributed by atoms with van der Waals surface area (Å²) in [6.45, 7) is 3.75. The molecule has 3 rings (SSSR count). The first kappa shape index (κ1) is 12.4. The fourth-order valence-corrected chi connectivity index (χ4v) is 3.54. The summed E-state index contributed by atoms with van der Waals surface area (Å²) in [5.74, 6) is 0.0527. The SMILES string of the molecule is Cc1ccc(C(=O)c2c(N)sc3c2CCNC3)cc1. The van der Waals surface area contributed by atoms with Gasteiger partial charge in [-0.2, -0.15) is 0 Å². The second-order valence-corrected chi connectivity index (χ2v) is 6.00. The lowest BCUT2D eigenvalue weighted by molar-refractivity contribution is 0.103. The fourth-order valence-electron chi connectivity index (χ4n) is 2.45. The average molecular weight is 272 g/mol. The summed E-state index contributed by atoms with van der Waals surface area (Å²) in [6.07, 6.45) is 0.885. The van der Waals surface area contributed by atoms with E-state index < -0.39 is 0 Å². The van der Waals surface area contributed by atoms with Crippen LogP contribution in [0.4, 0.5) is 5.00 Å². The van der Waals surface area contributed by atoms with E-state index in [9.17, 15) is 4.79 Å². The molecular weight excluding hydrogens is 256 g/mol. The highest BCUT2D eigenvalue weighted by atomic mass is 32.1. The molecule has 1 aliphatic rings. The second kappa shape index (κ2) is 4.79. The first-order valence-corrected chi connectivity index (χ1v) is 7.20. The van der Waals surface area contributed by atoms with E-state index in [2.05, 4.69) is 5.32 Å². The van der Waals surface area contributed by atoms with Crippen molar-refractivity contribution in [2.45, 2.75) is 19.9 Å². The Hall–Kier alpha value is -1.65. The Bertz CT molecular complexity index is 628. The molecule has 0 unspecified atom stereocenters. The van der Waals surface area contributed by atoms with Crippen LogP contribution in [0.1, 0.15) is 31.9 Å². The number of rotatable bonds is 2. The molecule has 1 aromatic carbocycles. The summed E-state index contributed by atoms with van der Waals surface area (Å²) < 4.78 is 0. The highest BCUT2D eigenvalue weighted by Gasteiger charge is 2.24. The van der Waals surface area contributed by atoms with Crippen LogP contribution in [0.2, 0.25) is 0 Å². The maximum absolute atomic E-state index is 12.6. The Kier molecular flexibility index (Phi) is 3.12. The molecular formula is C15H16N2OS. The van der Waals surface area contributed by atoms with Crippen molar-refractivity contribution in [1.29, 1.82) is 0 Å². The highest BCUT2D eigenvalue weighted by molar-refractivity contribution is 7.16. The van der Waals surface area contributed by atoms with Gasteiger partial charge in [0.05, 0.1) is 10.6 Å². The van der Waals surface area contributed by atoms with Gasteiger partial charge in [-0.25, -0.2) is 0 Å². The van der Waals surface area contributed by atoms with Crippen molar-refractivity contribution in [2.75, 3.05) is 12.3 Å². The smallest absolute Gasteiger partial charge is 0.196 e. The van der Waals surface area contributed by atoms with Crippen molar-refractivity contribution >= 4 is 22.1 Å². The number of aryl methyl sites for hydroxylation is 1. The minimum absolute atomic E-state index is 0.0527. The number of carbonyl (C=O) groups is 1. The van der Waals surface area contributed by atoms with Crippen molar-refractivity contribution in [3.8, 4) is 0 Å². The molecule has 0 bridgehead atoms. The number of benzene rings is 1. The quantitative estimate of drug-likeness (QED) is 0.826. The van der Waals surface area contributed by atoms with E-state index in [4.69, 9.17) is 5.73 Å². The summed E-state index contributed by atoms with van der Waals surface area (Å²) in [5, 5.41) is 3.96. The average Bonchev–Trinajstić information content (AvgIpc) is 2.74. The van der Waals surface area contributed by atoms with E-state index in [0.717, 1.165) is 41.8 Å². The Labute approximate surface area is 116 Å². The molecule has 98 valence electrons.